The van der Waals surface area contributed by atoms with Crippen molar-refractivity contribution in [1.29, 1.82) is 5.26 Å². The summed E-state index contributed by atoms with van der Waals surface area (Å²) in [6, 6.07) is 2.23. The molecule has 0 heterocycles. The zero-order valence-corrected chi connectivity index (χ0v) is 10.8. The van der Waals surface area contributed by atoms with Crippen LogP contribution in [0.3, 0.4) is 0 Å². The Morgan fingerprint density at radius 2 is 2.13 bits per heavy atom. The van der Waals surface area contributed by atoms with Crippen LogP contribution in [0.5, 0.6) is 0 Å². The molecule has 1 amide bonds. The van der Waals surface area contributed by atoms with E-state index in [1.165, 1.54) is 0 Å². The fourth-order valence-corrected chi connectivity index (χ4v) is 2.06. The number of halogens is 2. The molecule has 0 spiro atoms. The summed E-state index contributed by atoms with van der Waals surface area (Å²) in [6.07, 6.45) is 4.64. The molecule has 1 aliphatic carbocycles. The molecule has 0 aliphatic heterocycles. The molecule has 15 heavy (non-hydrogen) atoms. The quantitative estimate of drug-likeness (QED) is 0.812. The number of hydrogen-bond acceptors (Lipinski definition) is 2. The maximum absolute atomic E-state index is 11.6. The molecule has 0 radical (unpaired) electrons. The van der Waals surface area contributed by atoms with Crippen LogP contribution >= 0.6 is 27.5 Å². The van der Waals surface area contributed by atoms with Gasteiger partial charge in [0, 0.05) is 5.88 Å². The summed E-state index contributed by atoms with van der Waals surface area (Å²) in [5.74, 6) is 0.0290. The number of carbonyl (C=O) groups is 1. The summed E-state index contributed by atoms with van der Waals surface area (Å²) in [7, 11) is 0. The second kappa shape index (κ2) is 5.72. The molecule has 1 aliphatic rings. The molecule has 1 saturated carbocycles. The summed E-state index contributed by atoms with van der Waals surface area (Å²) < 4.78 is 0. The average Bonchev–Trinajstić information content (AvgIpc) is 2.29. The van der Waals surface area contributed by atoms with Gasteiger partial charge >= 0.3 is 0 Å². The largest absolute Gasteiger partial charge is 0.337 e. The SMILES string of the molecule is N#CC1(NC(=O)C(Br)CCl)CCCCC1. The minimum Gasteiger partial charge on any atom is -0.337 e. The number of amides is 1. The third-order valence-electron chi connectivity index (χ3n) is 2.70. The van der Waals surface area contributed by atoms with E-state index in [4.69, 9.17) is 16.9 Å². The Morgan fingerprint density at radius 3 is 2.60 bits per heavy atom. The molecule has 0 bridgehead atoms. The van der Waals surface area contributed by atoms with Crippen LogP contribution in [0.1, 0.15) is 32.1 Å². The molecule has 0 aromatic carbocycles. The third kappa shape index (κ3) is 3.35. The second-order valence-corrected chi connectivity index (χ2v) is 5.28. The van der Waals surface area contributed by atoms with Crippen molar-refractivity contribution in [2.45, 2.75) is 42.5 Å². The Hall–Kier alpha value is -0.270. The number of nitrogens with zero attached hydrogens (tertiary/aromatic N) is 1. The van der Waals surface area contributed by atoms with Gasteiger partial charge in [-0.1, -0.05) is 35.2 Å². The van der Waals surface area contributed by atoms with Gasteiger partial charge in [-0.3, -0.25) is 4.79 Å². The highest BCUT2D eigenvalue weighted by atomic mass is 79.9. The van der Waals surface area contributed by atoms with E-state index in [0.29, 0.717) is 0 Å². The smallest absolute Gasteiger partial charge is 0.236 e. The summed E-state index contributed by atoms with van der Waals surface area (Å²) in [6.45, 7) is 0. The monoisotopic (exact) mass is 292 g/mol. The van der Waals surface area contributed by atoms with Crippen LogP contribution in [0.2, 0.25) is 0 Å². The molecule has 1 fully saturated rings. The maximum Gasteiger partial charge on any atom is 0.236 e. The minimum absolute atomic E-state index is 0.187. The summed E-state index contributed by atoms with van der Waals surface area (Å²) in [5.41, 5.74) is -0.659. The van der Waals surface area contributed by atoms with Crippen LogP contribution in [0.15, 0.2) is 0 Å². The van der Waals surface area contributed by atoms with Crippen LogP contribution in [0.4, 0.5) is 0 Å². The van der Waals surface area contributed by atoms with Crippen molar-refractivity contribution in [3.63, 3.8) is 0 Å². The van der Waals surface area contributed by atoms with E-state index in [2.05, 4.69) is 27.3 Å². The van der Waals surface area contributed by atoms with Crippen molar-refractivity contribution in [2.75, 3.05) is 5.88 Å². The van der Waals surface area contributed by atoms with Crippen LogP contribution in [0.25, 0.3) is 0 Å². The topological polar surface area (TPSA) is 52.9 Å². The number of rotatable bonds is 3. The lowest BCUT2D eigenvalue weighted by Gasteiger charge is -2.32. The van der Waals surface area contributed by atoms with E-state index < -0.39 is 10.4 Å². The second-order valence-electron chi connectivity index (χ2n) is 3.87. The number of nitrogens with one attached hydrogen (secondary N) is 1. The number of carbonyl (C=O) groups excluding carboxylic acids is 1. The molecule has 3 nitrogen and oxygen atoms in total. The Morgan fingerprint density at radius 1 is 1.53 bits per heavy atom. The van der Waals surface area contributed by atoms with Gasteiger partial charge in [-0.05, 0) is 12.8 Å². The third-order valence-corrected chi connectivity index (χ3v) is 4.12. The lowest BCUT2D eigenvalue weighted by atomic mass is 9.83. The van der Waals surface area contributed by atoms with Gasteiger partial charge in [0.25, 0.3) is 0 Å². The molecule has 1 unspecified atom stereocenters. The van der Waals surface area contributed by atoms with Gasteiger partial charge < -0.3 is 5.32 Å². The molecule has 0 saturated heterocycles. The molecule has 1 atom stereocenters. The maximum atomic E-state index is 11.6. The molecule has 1 rings (SSSR count). The van der Waals surface area contributed by atoms with Crippen LogP contribution in [-0.4, -0.2) is 22.2 Å². The Balaban J connectivity index is 2.60. The van der Waals surface area contributed by atoms with Crippen molar-refractivity contribution < 1.29 is 4.79 Å². The van der Waals surface area contributed by atoms with E-state index >= 15 is 0 Å². The van der Waals surface area contributed by atoms with Gasteiger partial charge in [-0.25, -0.2) is 0 Å². The molecule has 0 aromatic heterocycles. The fourth-order valence-electron chi connectivity index (χ4n) is 1.80. The van der Waals surface area contributed by atoms with Gasteiger partial charge in [-0.2, -0.15) is 5.26 Å². The van der Waals surface area contributed by atoms with E-state index in [-0.39, 0.29) is 11.8 Å². The van der Waals surface area contributed by atoms with E-state index in [1.54, 1.807) is 0 Å². The molecule has 84 valence electrons. The Kier molecular flexibility index (Phi) is 4.88. The molecular formula is C10H14BrClN2O. The molecule has 0 aromatic rings. The average molecular weight is 294 g/mol. The first-order chi connectivity index (χ1) is 7.13. The first kappa shape index (κ1) is 12.8. The van der Waals surface area contributed by atoms with Crippen LogP contribution in [0, 0.1) is 11.3 Å². The molecule has 1 N–H and O–H groups in total. The molecular weight excluding hydrogens is 279 g/mol. The predicted octanol–water partition coefficient (Wildman–Crippen LogP) is 2.33. The van der Waals surface area contributed by atoms with E-state index in [9.17, 15) is 4.79 Å². The van der Waals surface area contributed by atoms with E-state index in [0.717, 1.165) is 32.1 Å². The summed E-state index contributed by atoms with van der Waals surface area (Å²) in [4.78, 5) is 11.2. The zero-order chi connectivity index (χ0) is 11.3. The van der Waals surface area contributed by atoms with Crippen molar-refractivity contribution in [3.05, 3.63) is 0 Å². The van der Waals surface area contributed by atoms with Crippen molar-refractivity contribution in [1.82, 2.24) is 5.32 Å². The highest BCUT2D eigenvalue weighted by Gasteiger charge is 2.34. The number of hydrogen-bond donors (Lipinski definition) is 1. The summed E-state index contributed by atoms with van der Waals surface area (Å²) in [5, 5.41) is 11.9. The molecule has 5 heteroatoms. The first-order valence-electron chi connectivity index (χ1n) is 5.07. The normalized spacial score (nSPS) is 21.4. The van der Waals surface area contributed by atoms with Gasteiger partial charge in [0.05, 0.1) is 6.07 Å². The van der Waals surface area contributed by atoms with Gasteiger partial charge in [0.1, 0.15) is 10.4 Å². The number of nitriles is 1. The van der Waals surface area contributed by atoms with Gasteiger partial charge in [-0.15, -0.1) is 11.6 Å². The lowest BCUT2D eigenvalue weighted by Crippen LogP contribution is -2.51. The zero-order valence-electron chi connectivity index (χ0n) is 8.43. The van der Waals surface area contributed by atoms with Crippen molar-refractivity contribution in [2.24, 2.45) is 0 Å². The van der Waals surface area contributed by atoms with Crippen molar-refractivity contribution in [3.8, 4) is 6.07 Å². The minimum atomic E-state index is -0.659. The Bertz CT molecular complexity index is 271. The van der Waals surface area contributed by atoms with Crippen molar-refractivity contribution >= 4 is 33.4 Å². The Labute approximate surface area is 103 Å². The van der Waals surface area contributed by atoms with Crippen LogP contribution in [-0.2, 0) is 4.79 Å². The fraction of sp³-hybridized carbons (Fsp3) is 0.800. The highest BCUT2D eigenvalue weighted by Crippen LogP contribution is 2.27. The first-order valence-corrected chi connectivity index (χ1v) is 6.52. The van der Waals surface area contributed by atoms with Gasteiger partial charge in [0.15, 0.2) is 0 Å². The highest BCUT2D eigenvalue weighted by molar-refractivity contribution is 9.10. The standard InChI is InChI=1S/C10H14BrClN2O/c11-8(6-12)9(15)14-10(7-13)4-2-1-3-5-10/h8H,1-6H2,(H,14,15). The van der Waals surface area contributed by atoms with Gasteiger partial charge in [0.2, 0.25) is 5.91 Å². The lowest BCUT2D eigenvalue weighted by molar-refractivity contribution is -0.121. The van der Waals surface area contributed by atoms with Crippen LogP contribution < -0.4 is 5.32 Å². The predicted molar refractivity (Wildman–Crippen MR) is 63.0 cm³/mol. The van der Waals surface area contributed by atoms with E-state index in [1.807, 2.05) is 0 Å². The summed E-state index contributed by atoms with van der Waals surface area (Å²) >= 11 is 8.73. The number of alkyl halides is 2.